The van der Waals surface area contributed by atoms with Crippen molar-refractivity contribution in [1.82, 2.24) is 4.98 Å². The molecule has 2 aromatic rings. The van der Waals surface area contributed by atoms with E-state index in [2.05, 4.69) is 27.0 Å². The lowest BCUT2D eigenvalue weighted by Gasteiger charge is -2.10. The van der Waals surface area contributed by atoms with Crippen LogP contribution in [0.25, 0.3) is 11.1 Å². The fraction of sp³-hybridized carbons (Fsp3) is 0.0714. The topological polar surface area (TPSA) is 60.5 Å². The maximum Gasteiger partial charge on any atom is 0.125 e. The molecule has 3 nitrogen and oxygen atoms in total. The van der Waals surface area contributed by atoms with Crippen molar-refractivity contribution < 1.29 is 0 Å². The number of halogens is 1. The Morgan fingerprint density at radius 2 is 1.67 bits per heavy atom. The van der Waals surface area contributed by atoms with Crippen molar-refractivity contribution in [3.05, 3.63) is 51.8 Å². The standard InChI is InChI=1S/C14H8BrN3/c1-9-13(10-5-3-2-4-6-10)11(7-16)12(8-17)14(15)18-9/h2-6H,1H3. The number of rotatable bonds is 1. The summed E-state index contributed by atoms with van der Waals surface area (Å²) in [4.78, 5) is 4.27. The molecule has 0 bridgehead atoms. The number of aryl methyl sites for hydroxylation is 1. The molecule has 0 saturated heterocycles. The minimum absolute atomic E-state index is 0.280. The summed E-state index contributed by atoms with van der Waals surface area (Å²) in [6.07, 6.45) is 0. The Balaban J connectivity index is 2.85. The number of nitrogens with zero attached hydrogens (tertiary/aromatic N) is 3. The first-order valence-corrected chi connectivity index (χ1v) is 6.04. The zero-order valence-corrected chi connectivity index (χ0v) is 11.2. The summed E-state index contributed by atoms with van der Waals surface area (Å²) in [7, 11) is 0. The molecule has 1 aromatic carbocycles. The maximum absolute atomic E-state index is 9.29. The van der Waals surface area contributed by atoms with E-state index in [-0.39, 0.29) is 5.56 Å². The van der Waals surface area contributed by atoms with Crippen molar-refractivity contribution in [3.63, 3.8) is 0 Å². The van der Waals surface area contributed by atoms with E-state index < -0.39 is 0 Å². The van der Waals surface area contributed by atoms with Gasteiger partial charge in [-0.25, -0.2) is 4.98 Å². The van der Waals surface area contributed by atoms with Crippen molar-refractivity contribution in [2.45, 2.75) is 6.92 Å². The predicted molar refractivity (Wildman–Crippen MR) is 71.5 cm³/mol. The Bertz CT molecular complexity index is 679. The van der Waals surface area contributed by atoms with E-state index in [1.807, 2.05) is 43.3 Å². The van der Waals surface area contributed by atoms with E-state index in [1.54, 1.807) is 0 Å². The van der Waals surface area contributed by atoms with Crippen LogP contribution < -0.4 is 0 Å². The molecule has 0 atom stereocenters. The van der Waals surface area contributed by atoms with Crippen LogP contribution in [0.4, 0.5) is 0 Å². The smallest absolute Gasteiger partial charge is 0.125 e. The van der Waals surface area contributed by atoms with E-state index in [0.29, 0.717) is 10.2 Å². The van der Waals surface area contributed by atoms with Crippen LogP contribution in [0.5, 0.6) is 0 Å². The molecule has 86 valence electrons. The van der Waals surface area contributed by atoms with Gasteiger partial charge in [-0.2, -0.15) is 10.5 Å². The monoisotopic (exact) mass is 297 g/mol. The largest absolute Gasteiger partial charge is 0.244 e. The highest BCUT2D eigenvalue weighted by Gasteiger charge is 2.17. The molecule has 0 radical (unpaired) electrons. The molecule has 0 N–H and O–H groups in total. The second-order valence-electron chi connectivity index (χ2n) is 3.70. The Hall–Kier alpha value is -2.17. The third-order valence-corrected chi connectivity index (χ3v) is 3.19. The maximum atomic E-state index is 9.29. The van der Waals surface area contributed by atoms with Crippen LogP contribution in [0.15, 0.2) is 34.9 Å². The Kier molecular flexibility index (Phi) is 3.41. The molecular formula is C14H8BrN3. The van der Waals surface area contributed by atoms with E-state index in [0.717, 1.165) is 16.8 Å². The van der Waals surface area contributed by atoms with Gasteiger partial charge in [0.05, 0.1) is 5.56 Å². The van der Waals surface area contributed by atoms with E-state index in [4.69, 9.17) is 5.26 Å². The Morgan fingerprint density at radius 1 is 1.06 bits per heavy atom. The third kappa shape index (κ3) is 1.99. The number of nitriles is 2. The van der Waals surface area contributed by atoms with Crippen molar-refractivity contribution >= 4 is 15.9 Å². The molecule has 0 unspecified atom stereocenters. The molecule has 0 aliphatic rings. The first-order chi connectivity index (χ1) is 8.69. The lowest BCUT2D eigenvalue weighted by Crippen LogP contribution is -1.98. The second kappa shape index (κ2) is 5.00. The summed E-state index contributed by atoms with van der Waals surface area (Å²) < 4.78 is 0.415. The van der Waals surface area contributed by atoms with Crippen LogP contribution in [0.1, 0.15) is 16.8 Å². The van der Waals surface area contributed by atoms with Gasteiger partial charge in [0.2, 0.25) is 0 Å². The average Bonchev–Trinajstić information content (AvgIpc) is 2.38. The molecule has 1 heterocycles. The van der Waals surface area contributed by atoms with Gasteiger partial charge >= 0.3 is 0 Å². The van der Waals surface area contributed by atoms with E-state index >= 15 is 0 Å². The first-order valence-electron chi connectivity index (χ1n) is 5.24. The normalized spacial score (nSPS) is 9.56. The number of hydrogen-bond acceptors (Lipinski definition) is 3. The number of benzene rings is 1. The first kappa shape index (κ1) is 12.3. The van der Waals surface area contributed by atoms with Gasteiger partial charge < -0.3 is 0 Å². The van der Waals surface area contributed by atoms with E-state index in [9.17, 15) is 5.26 Å². The van der Waals surface area contributed by atoms with Gasteiger partial charge in [-0.3, -0.25) is 0 Å². The highest BCUT2D eigenvalue weighted by molar-refractivity contribution is 9.10. The summed E-state index contributed by atoms with van der Waals surface area (Å²) in [5.41, 5.74) is 2.98. The molecule has 0 aliphatic carbocycles. The van der Waals surface area contributed by atoms with Crippen LogP contribution in [0, 0.1) is 29.6 Å². The van der Waals surface area contributed by atoms with Gasteiger partial charge in [-0.1, -0.05) is 30.3 Å². The number of pyridine rings is 1. The summed E-state index contributed by atoms with van der Waals surface area (Å²) in [5, 5.41) is 18.4. The molecule has 1 aromatic heterocycles. The lowest BCUT2D eigenvalue weighted by molar-refractivity contribution is 1.15. The highest BCUT2D eigenvalue weighted by Crippen LogP contribution is 2.31. The average molecular weight is 298 g/mol. The zero-order chi connectivity index (χ0) is 13.1. The molecule has 0 saturated carbocycles. The van der Waals surface area contributed by atoms with Gasteiger partial charge in [0.15, 0.2) is 0 Å². The molecule has 2 rings (SSSR count). The van der Waals surface area contributed by atoms with Crippen LogP contribution in [0.3, 0.4) is 0 Å². The minimum Gasteiger partial charge on any atom is -0.244 e. The SMILES string of the molecule is Cc1nc(Br)c(C#N)c(C#N)c1-c1ccccc1. The number of hydrogen-bond donors (Lipinski definition) is 0. The predicted octanol–water partition coefficient (Wildman–Crippen LogP) is 3.56. The quantitative estimate of drug-likeness (QED) is 0.756. The summed E-state index contributed by atoms with van der Waals surface area (Å²) in [5.74, 6) is 0. The van der Waals surface area contributed by atoms with Crippen molar-refractivity contribution in [2.24, 2.45) is 0 Å². The Labute approximate surface area is 113 Å². The van der Waals surface area contributed by atoms with Crippen molar-refractivity contribution in [3.8, 4) is 23.3 Å². The molecule has 0 aliphatic heterocycles. The molecule has 0 spiro atoms. The van der Waals surface area contributed by atoms with Crippen LogP contribution >= 0.6 is 15.9 Å². The molecule has 4 heteroatoms. The molecule has 0 amide bonds. The third-order valence-electron chi connectivity index (χ3n) is 2.62. The van der Waals surface area contributed by atoms with Crippen LogP contribution in [-0.4, -0.2) is 4.98 Å². The van der Waals surface area contributed by atoms with Gasteiger partial charge in [0, 0.05) is 11.3 Å². The van der Waals surface area contributed by atoms with Gasteiger partial charge in [0.1, 0.15) is 22.3 Å². The van der Waals surface area contributed by atoms with Gasteiger partial charge in [-0.15, -0.1) is 0 Å². The zero-order valence-electron chi connectivity index (χ0n) is 9.61. The van der Waals surface area contributed by atoms with Crippen LogP contribution in [-0.2, 0) is 0 Å². The van der Waals surface area contributed by atoms with Crippen molar-refractivity contribution in [1.29, 1.82) is 10.5 Å². The fourth-order valence-corrected chi connectivity index (χ4v) is 2.39. The molecular weight excluding hydrogens is 290 g/mol. The van der Waals surface area contributed by atoms with Gasteiger partial charge in [0.25, 0.3) is 0 Å². The van der Waals surface area contributed by atoms with Crippen LogP contribution in [0.2, 0.25) is 0 Å². The minimum atomic E-state index is 0.280. The fourth-order valence-electron chi connectivity index (χ4n) is 1.84. The number of aromatic nitrogens is 1. The van der Waals surface area contributed by atoms with Gasteiger partial charge in [-0.05, 0) is 28.4 Å². The van der Waals surface area contributed by atoms with Crippen molar-refractivity contribution in [2.75, 3.05) is 0 Å². The van der Waals surface area contributed by atoms with E-state index in [1.165, 1.54) is 0 Å². The summed E-state index contributed by atoms with van der Waals surface area (Å²) in [6.45, 7) is 1.83. The molecule has 0 fully saturated rings. The Morgan fingerprint density at radius 3 is 2.22 bits per heavy atom. The summed E-state index contributed by atoms with van der Waals surface area (Å²) >= 11 is 3.22. The summed E-state index contributed by atoms with van der Waals surface area (Å²) in [6, 6.07) is 13.6. The second-order valence-corrected chi connectivity index (χ2v) is 4.45. The highest BCUT2D eigenvalue weighted by atomic mass is 79.9. The lowest BCUT2D eigenvalue weighted by atomic mass is 9.96. The molecule has 18 heavy (non-hydrogen) atoms.